The van der Waals surface area contributed by atoms with E-state index in [1.165, 1.54) is 0 Å². The van der Waals surface area contributed by atoms with E-state index in [9.17, 15) is 24.3 Å². The third-order valence-electron chi connectivity index (χ3n) is 8.64. The van der Waals surface area contributed by atoms with Crippen LogP contribution in [0.2, 0.25) is 0 Å². The number of allylic oxidation sites excluding steroid dienone is 1. The van der Waals surface area contributed by atoms with Gasteiger partial charge in [0.2, 0.25) is 5.60 Å². The molecule has 0 aromatic rings. The van der Waals surface area contributed by atoms with E-state index in [0.29, 0.717) is 19.3 Å². The molecular formula is C23H30O7. The lowest BCUT2D eigenvalue weighted by Gasteiger charge is -2.57. The normalized spacial score (nSPS) is 42.5. The molecule has 0 aliphatic heterocycles. The second kappa shape index (κ2) is 6.92. The number of fused-ring (bicyclic) bond motifs is 5. The van der Waals surface area contributed by atoms with E-state index >= 15 is 0 Å². The van der Waals surface area contributed by atoms with Crippen LogP contribution < -0.4 is 0 Å². The number of carbonyl (C=O) groups is 4. The highest BCUT2D eigenvalue weighted by atomic mass is 16.7. The molecule has 30 heavy (non-hydrogen) atoms. The summed E-state index contributed by atoms with van der Waals surface area (Å²) in [6.07, 6.45) is 4.18. The summed E-state index contributed by atoms with van der Waals surface area (Å²) in [6, 6.07) is 0. The standard InChI is InChI=1S/C23H30O7/c1-4-29-20(28)30-23(19(26)27)10-8-16-15-6-5-13-11-14(24)7-9-21(13,2)18(15)17(25)12-22(16,23)3/h11,15-16,18H,4-10,12H2,1-3H3,(H,26,27)/t15-,16-,18-,21-,22-,23?/m0/s1. The summed E-state index contributed by atoms with van der Waals surface area (Å²) in [7, 11) is 0. The maximum atomic E-state index is 13.6. The van der Waals surface area contributed by atoms with Gasteiger partial charge in [0.15, 0.2) is 5.78 Å². The molecule has 1 unspecified atom stereocenters. The molecule has 0 amide bonds. The Morgan fingerprint density at radius 1 is 1.17 bits per heavy atom. The van der Waals surface area contributed by atoms with Crippen molar-refractivity contribution in [1.29, 1.82) is 0 Å². The van der Waals surface area contributed by atoms with Crippen molar-refractivity contribution in [2.45, 2.75) is 71.3 Å². The van der Waals surface area contributed by atoms with Crippen LogP contribution in [-0.2, 0) is 23.9 Å². The van der Waals surface area contributed by atoms with Gasteiger partial charge >= 0.3 is 12.1 Å². The first kappa shape index (κ1) is 21.1. The number of carboxylic acids is 1. The molecule has 0 radical (unpaired) electrons. The van der Waals surface area contributed by atoms with Crippen LogP contribution in [0.25, 0.3) is 0 Å². The van der Waals surface area contributed by atoms with Crippen molar-refractivity contribution in [2.75, 3.05) is 6.61 Å². The summed E-state index contributed by atoms with van der Waals surface area (Å²) >= 11 is 0. The topological polar surface area (TPSA) is 107 Å². The van der Waals surface area contributed by atoms with Crippen molar-refractivity contribution in [2.24, 2.45) is 28.6 Å². The first-order valence-corrected chi connectivity index (χ1v) is 10.9. The summed E-state index contributed by atoms with van der Waals surface area (Å²) in [5, 5.41) is 10.1. The Kier molecular flexibility index (Phi) is 4.86. The summed E-state index contributed by atoms with van der Waals surface area (Å²) in [5.41, 5.74) is -2.01. The van der Waals surface area contributed by atoms with E-state index in [0.717, 1.165) is 18.4 Å². The van der Waals surface area contributed by atoms with E-state index < -0.39 is 23.1 Å². The van der Waals surface area contributed by atoms with Crippen molar-refractivity contribution in [3.8, 4) is 0 Å². The molecule has 4 aliphatic carbocycles. The lowest BCUT2D eigenvalue weighted by molar-refractivity contribution is -0.187. The Bertz CT molecular complexity index is 844. The van der Waals surface area contributed by atoms with Gasteiger partial charge in [0.05, 0.1) is 6.61 Å². The van der Waals surface area contributed by atoms with E-state index in [2.05, 4.69) is 6.92 Å². The van der Waals surface area contributed by atoms with Gasteiger partial charge in [-0.1, -0.05) is 19.4 Å². The zero-order valence-corrected chi connectivity index (χ0v) is 17.9. The van der Waals surface area contributed by atoms with Crippen LogP contribution in [0.3, 0.4) is 0 Å². The fraction of sp³-hybridized carbons (Fsp3) is 0.739. The number of carbonyl (C=O) groups excluding carboxylic acids is 3. The van der Waals surface area contributed by atoms with E-state index in [4.69, 9.17) is 9.47 Å². The van der Waals surface area contributed by atoms with Gasteiger partial charge in [-0.3, -0.25) is 9.59 Å². The van der Waals surface area contributed by atoms with Gasteiger partial charge in [-0.05, 0) is 62.4 Å². The molecule has 164 valence electrons. The van der Waals surface area contributed by atoms with Crippen LogP contribution in [0.1, 0.15) is 65.7 Å². The average molecular weight is 418 g/mol. The third-order valence-corrected chi connectivity index (χ3v) is 8.64. The summed E-state index contributed by atoms with van der Waals surface area (Å²) in [6.45, 7) is 5.61. The Balaban J connectivity index is 1.72. The van der Waals surface area contributed by atoms with Crippen molar-refractivity contribution >= 4 is 23.7 Å². The zero-order chi connectivity index (χ0) is 21.9. The van der Waals surface area contributed by atoms with E-state index in [1.54, 1.807) is 19.9 Å². The largest absolute Gasteiger partial charge is 0.509 e. The van der Waals surface area contributed by atoms with Crippen LogP contribution in [0.15, 0.2) is 11.6 Å². The Hall–Kier alpha value is -2.18. The quantitative estimate of drug-likeness (QED) is 0.697. The molecule has 3 fully saturated rings. The maximum Gasteiger partial charge on any atom is 0.509 e. The summed E-state index contributed by atoms with van der Waals surface area (Å²) in [5.74, 6) is -1.28. The summed E-state index contributed by atoms with van der Waals surface area (Å²) < 4.78 is 10.4. The number of Topliss-reactive ketones (excluding diaryl/α,β-unsaturated/α-hetero) is 1. The molecule has 0 bridgehead atoms. The predicted octanol–water partition coefficient (Wildman–Crippen LogP) is 3.69. The van der Waals surface area contributed by atoms with Crippen molar-refractivity contribution in [1.82, 2.24) is 0 Å². The minimum Gasteiger partial charge on any atom is -0.478 e. The van der Waals surface area contributed by atoms with Crippen LogP contribution in [0, 0.1) is 28.6 Å². The van der Waals surface area contributed by atoms with Gasteiger partial charge in [-0.25, -0.2) is 9.59 Å². The van der Waals surface area contributed by atoms with Gasteiger partial charge in [-0.15, -0.1) is 0 Å². The first-order chi connectivity index (χ1) is 14.1. The van der Waals surface area contributed by atoms with Crippen molar-refractivity contribution in [3.05, 3.63) is 11.6 Å². The highest BCUT2D eigenvalue weighted by Gasteiger charge is 2.71. The fourth-order valence-electron chi connectivity index (χ4n) is 7.22. The van der Waals surface area contributed by atoms with E-state index in [1.807, 2.05) is 0 Å². The van der Waals surface area contributed by atoms with Gasteiger partial charge in [0.25, 0.3) is 0 Å². The van der Waals surface area contributed by atoms with Gasteiger partial charge < -0.3 is 14.6 Å². The number of carboxylic acid groups (broad SMARTS) is 1. The van der Waals surface area contributed by atoms with Crippen molar-refractivity contribution < 1.29 is 33.8 Å². The lowest BCUT2D eigenvalue weighted by atomic mass is 9.46. The molecule has 1 N–H and O–H groups in total. The molecule has 0 aromatic carbocycles. The summed E-state index contributed by atoms with van der Waals surface area (Å²) in [4.78, 5) is 50.1. The SMILES string of the molecule is CCOC(=O)OC1(C(=O)O)CC[C@H]2[C@@H]3CCC4=CC(=O)CC[C@]4(C)[C@@H]3C(=O)C[C@@]21C. The molecule has 0 saturated heterocycles. The van der Waals surface area contributed by atoms with Crippen LogP contribution in [0.5, 0.6) is 0 Å². The third kappa shape index (κ3) is 2.70. The van der Waals surface area contributed by atoms with Crippen LogP contribution >= 0.6 is 0 Å². The second-order valence-corrected chi connectivity index (χ2v) is 9.86. The minimum atomic E-state index is -1.76. The molecule has 4 rings (SSSR count). The second-order valence-electron chi connectivity index (χ2n) is 9.86. The Labute approximate surface area is 176 Å². The Morgan fingerprint density at radius 3 is 2.57 bits per heavy atom. The smallest absolute Gasteiger partial charge is 0.478 e. The van der Waals surface area contributed by atoms with Crippen LogP contribution in [0.4, 0.5) is 4.79 Å². The zero-order valence-electron chi connectivity index (χ0n) is 17.9. The number of hydrogen-bond acceptors (Lipinski definition) is 6. The average Bonchev–Trinajstić information content (AvgIpc) is 2.95. The number of hydrogen-bond donors (Lipinski definition) is 1. The van der Waals surface area contributed by atoms with Crippen molar-refractivity contribution in [3.63, 3.8) is 0 Å². The monoisotopic (exact) mass is 418 g/mol. The molecule has 7 nitrogen and oxygen atoms in total. The Morgan fingerprint density at radius 2 is 1.90 bits per heavy atom. The molecule has 4 aliphatic rings. The predicted molar refractivity (Wildman–Crippen MR) is 106 cm³/mol. The molecule has 7 heteroatoms. The number of ketones is 2. The number of ether oxygens (including phenoxy) is 2. The lowest BCUT2D eigenvalue weighted by Crippen LogP contribution is -2.61. The van der Waals surface area contributed by atoms with Crippen LogP contribution in [-0.4, -0.2) is 41.0 Å². The highest BCUT2D eigenvalue weighted by molar-refractivity contribution is 5.93. The van der Waals surface area contributed by atoms with E-state index in [-0.39, 0.29) is 54.2 Å². The fourth-order valence-corrected chi connectivity index (χ4v) is 7.22. The molecule has 0 spiro atoms. The molecule has 0 heterocycles. The molecular weight excluding hydrogens is 388 g/mol. The molecule has 3 saturated carbocycles. The molecule has 0 aromatic heterocycles. The first-order valence-electron chi connectivity index (χ1n) is 10.9. The van der Waals surface area contributed by atoms with Gasteiger partial charge in [0, 0.05) is 24.2 Å². The van der Waals surface area contributed by atoms with Gasteiger partial charge in [-0.2, -0.15) is 0 Å². The highest BCUT2D eigenvalue weighted by Crippen LogP contribution is 2.67. The number of aliphatic carboxylic acids is 1. The number of rotatable bonds is 3. The minimum absolute atomic E-state index is 0.0265. The molecule has 6 atom stereocenters. The maximum absolute atomic E-state index is 13.6. The van der Waals surface area contributed by atoms with Gasteiger partial charge in [0.1, 0.15) is 5.78 Å².